The molecule has 0 saturated heterocycles. The molecule has 1 atom stereocenters. The Bertz CT molecular complexity index is 863. The highest BCUT2D eigenvalue weighted by Crippen LogP contribution is 2.40. The summed E-state index contributed by atoms with van der Waals surface area (Å²) in [6.07, 6.45) is 13.8. The zero-order valence-corrected chi connectivity index (χ0v) is 17.6. The van der Waals surface area contributed by atoms with E-state index in [2.05, 4.69) is 57.2 Å². The molecule has 29 heavy (non-hydrogen) atoms. The predicted octanol–water partition coefficient (Wildman–Crippen LogP) is 7.29. The van der Waals surface area contributed by atoms with Crippen LogP contribution in [0.2, 0.25) is 0 Å². The van der Waals surface area contributed by atoms with Crippen molar-refractivity contribution >= 4 is 17.9 Å². The standard InChI is InChI=1S/C28H30O/c1-28(2,3)26-20-24(18-10-16-22-12-6-4-7-13-22)27(29)25(21-26)19-11-17-23-14-8-5-9-15-23/h4-19,26H,20-21H2,1-3H3/b16-10+,17-11+,24-18-,25-19+. The number of carbonyl (C=O) groups excluding carboxylic acids is 1. The van der Waals surface area contributed by atoms with Crippen molar-refractivity contribution in [3.8, 4) is 0 Å². The second-order valence-corrected chi connectivity index (χ2v) is 8.72. The third-order valence-corrected chi connectivity index (χ3v) is 5.51. The molecule has 1 fully saturated rings. The molecule has 0 radical (unpaired) electrons. The Morgan fingerprint density at radius 3 is 1.52 bits per heavy atom. The number of carbonyl (C=O) groups is 1. The van der Waals surface area contributed by atoms with Gasteiger partial charge in [0, 0.05) is 11.1 Å². The second-order valence-electron chi connectivity index (χ2n) is 8.72. The van der Waals surface area contributed by atoms with E-state index in [-0.39, 0.29) is 11.2 Å². The van der Waals surface area contributed by atoms with E-state index < -0.39 is 0 Å². The van der Waals surface area contributed by atoms with E-state index in [9.17, 15) is 4.79 Å². The zero-order chi connectivity index (χ0) is 20.7. The van der Waals surface area contributed by atoms with Gasteiger partial charge in [-0.25, -0.2) is 0 Å². The molecule has 148 valence electrons. The van der Waals surface area contributed by atoms with Crippen LogP contribution in [0.1, 0.15) is 44.7 Å². The maximum Gasteiger partial charge on any atom is 0.185 e. The van der Waals surface area contributed by atoms with Gasteiger partial charge in [-0.2, -0.15) is 0 Å². The van der Waals surface area contributed by atoms with Gasteiger partial charge in [0.15, 0.2) is 5.78 Å². The highest BCUT2D eigenvalue weighted by atomic mass is 16.1. The van der Waals surface area contributed by atoms with Gasteiger partial charge in [0.25, 0.3) is 0 Å². The van der Waals surface area contributed by atoms with Gasteiger partial charge in [-0.15, -0.1) is 0 Å². The topological polar surface area (TPSA) is 17.1 Å². The smallest absolute Gasteiger partial charge is 0.185 e. The minimum atomic E-state index is 0.158. The SMILES string of the molecule is CC(C)(C)C1C/C(=C/C=C/c2ccccc2)C(=O)/C(=C/C=C/c2ccccc2)C1. The monoisotopic (exact) mass is 382 g/mol. The number of ketones is 1. The van der Waals surface area contributed by atoms with Crippen molar-refractivity contribution in [3.05, 3.63) is 107 Å². The molecule has 1 unspecified atom stereocenters. The van der Waals surface area contributed by atoms with E-state index in [0.717, 1.165) is 35.1 Å². The van der Waals surface area contributed by atoms with E-state index in [4.69, 9.17) is 0 Å². The first-order chi connectivity index (χ1) is 13.9. The lowest BCUT2D eigenvalue weighted by molar-refractivity contribution is -0.113. The van der Waals surface area contributed by atoms with Crippen molar-refractivity contribution in [1.82, 2.24) is 0 Å². The van der Waals surface area contributed by atoms with Crippen LogP contribution in [0.4, 0.5) is 0 Å². The van der Waals surface area contributed by atoms with E-state index in [1.807, 2.05) is 60.7 Å². The summed E-state index contributed by atoms with van der Waals surface area (Å²) in [5.41, 5.74) is 4.25. The molecule has 1 saturated carbocycles. The summed E-state index contributed by atoms with van der Waals surface area (Å²) < 4.78 is 0. The Balaban J connectivity index is 1.83. The third kappa shape index (κ3) is 6.02. The van der Waals surface area contributed by atoms with Crippen LogP contribution in [-0.4, -0.2) is 5.78 Å². The number of benzene rings is 2. The van der Waals surface area contributed by atoms with Gasteiger partial charge in [0.2, 0.25) is 0 Å². The molecule has 3 rings (SSSR count). The van der Waals surface area contributed by atoms with Crippen LogP contribution in [0.15, 0.2) is 96.1 Å². The molecule has 0 amide bonds. The van der Waals surface area contributed by atoms with Crippen LogP contribution >= 0.6 is 0 Å². The molecule has 1 heteroatoms. The molecule has 2 aromatic rings. The maximum absolute atomic E-state index is 13.1. The molecule has 0 bridgehead atoms. The summed E-state index contributed by atoms with van der Waals surface area (Å²) in [5.74, 6) is 0.633. The Morgan fingerprint density at radius 2 is 1.14 bits per heavy atom. The zero-order valence-electron chi connectivity index (χ0n) is 17.6. The van der Waals surface area contributed by atoms with E-state index in [0.29, 0.717) is 5.92 Å². The van der Waals surface area contributed by atoms with Crippen molar-refractivity contribution in [2.24, 2.45) is 11.3 Å². The molecule has 0 N–H and O–H groups in total. The normalized spacial score (nSPS) is 20.9. The molecule has 2 aromatic carbocycles. The highest BCUT2D eigenvalue weighted by Gasteiger charge is 2.33. The maximum atomic E-state index is 13.1. The average molecular weight is 383 g/mol. The minimum absolute atomic E-state index is 0.158. The summed E-state index contributed by atoms with van der Waals surface area (Å²) in [4.78, 5) is 13.1. The van der Waals surface area contributed by atoms with Crippen LogP contribution < -0.4 is 0 Å². The van der Waals surface area contributed by atoms with Crippen LogP contribution in [0.3, 0.4) is 0 Å². The molecule has 0 aromatic heterocycles. The van der Waals surface area contributed by atoms with Gasteiger partial charge >= 0.3 is 0 Å². The van der Waals surface area contributed by atoms with Crippen molar-refractivity contribution < 1.29 is 4.79 Å². The highest BCUT2D eigenvalue weighted by molar-refractivity contribution is 6.09. The summed E-state index contributed by atoms with van der Waals surface area (Å²) in [5, 5.41) is 0. The van der Waals surface area contributed by atoms with Gasteiger partial charge in [-0.05, 0) is 35.3 Å². The first-order valence-electron chi connectivity index (χ1n) is 10.3. The molecular formula is C28H30O. The van der Waals surface area contributed by atoms with Gasteiger partial charge in [-0.3, -0.25) is 4.79 Å². The van der Waals surface area contributed by atoms with Crippen molar-refractivity contribution in [1.29, 1.82) is 0 Å². The lowest BCUT2D eigenvalue weighted by Crippen LogP contribution is -2.29. The third-order valence-electron chi connectivity index (χ3n) is 5.51. The first-order valence-corrected chi connectivity index (χ1v) is 10.3. The number of rotatable bonds is 4. The van der Waals surface area contributed by atoms with Gasteiger partial charge < -0.3 is 0 Å². The second kappa shape index (κ2) is 9.52. The van der Waals surface area contributed by atoms with Gasteiger partial charge in [0.05, 0.1) is 0 Å². The van der Waals surface area contributed by atoms with Gasteiger partial charge in [-0.1, -0.05) is 118 Å². The van der Waals surface area contributed by atoms with E-state index >= 15 is 0 Å². The number of Topliss-reactive ketones (excluding diaryl/α,β-unsaturated/α-hetero) is 1. The van der Waals surface area contributed by atoms with Crippen LogP contribution in [-0.2, 0) is 4.79 Å². The fraction of sp³-hybridized carbons (Fsp3) is 0.250. The molecule has 1 aliphatic rings. The molecule has 0 aliphatic heterocycles. The lowest BCUT2D eigenvalue weighted by Gasteiger charge is -2.35. The summed E-state index contributed by atoms with van der Waals surface area (Å²) in [7, 11) is 0. The molecule has 1 aliphatic carbocycles. The Kier molecular flexibility index (Phi) is 6.82. The number of allylic oxidation sites excluding steroid dienone is 6. The van der Waals surface area contributed by atoms with Crippen molar-refractivity contribution in [2.45, 2.75) is 33.6 Å². The fourth-order valence-electron chi connectivity index (χ4n) is 3.57. The average Bonchev–Trinajstić information content (AvgIpc) is 2.71. The molecule has 1 nitrogen and oxygen atoms in total. The van der Waals surface area contributed by atoms with Crippen molar-refractivity contribution in [3.63, 3.8) is 0 Å². The number of hydrogen-bond donors (Lipinski definition) is 0. The summed E-state index contributed by atoms with van der Waals surface area (Å²) in [6, 6.07) is 20.4. The molecule has 0 heterocycles. The van der Waals surface area contributed by atoms with Crippen LogP contribution in [0.25, 0.3) is 12.2 Å². The van der Waals surface area contributed by atoms with E-state index in [1.54, 1.807) is 0 Å². The summed E-state index contributed by atoms with van der Waals surface area (Å²) in [6.45, 7) is 6.80. The Hall–Kier alpha value is -2.93. The lowest BCUT2D eigenvalue weighted by atomic mass is 9.69. The summed E-state index contributed by atoms with van der Waals surface area (Å²) >= 11 is 0. The van der Waals surface area contributed by atoms with E-state index in [1.165, 1.54) is 0 Å². The van der Waals surface area contributed by atoms with Crippen LogP contribution in [0.5, 0.6) is 0 Å². The predicted molar refractivity (Wildman–Crippen MR) is 124 cm³/mol. The molecular weight excluding hydrogens is 352 g/mol. The first kappa shape index (κ1) is 20.8. The van der Waals surface area contributed by atoms with Crippen LogP contribution in [0, 0.1) is 11.3 Å². The minimum Gasteiger partial charge on any atom is -0.289 e. The van der Waals surface area contributed by atoms with Gasteiger partial charge in [0.1, 0.15) is 0 Å². The Labute approximate surface area is 175 Å². The molecule has 0 spiro atoms. The fourth-order valence-corrected chi connectivity index (χ4v) is 3.57. The van der Waals surface area contributed by atoms with Crippen molar-refractivity contribution in [2.75, 3.05) is 0 Å². The quantitative estimate of drug-likeness (QED) is 0.507. The number of hydrogen-bond acceptors (Lipinski definition) is 1. The largest absolute Gasteiger partial charge is 0.289 e. The Morgan fingerprint density at radius 1 is 0.724 bits per heavy atom.